The number of carbonyl (C=O) groups is 4. The molecule has 39 heavy (non-hydrogen) atoms. The molecule has 1 atom stereocenters. The number of likely N-dealkylation sites (tertiary alicyclic amines) is 1. The van der Waals surface area contributed by atoms with Crippen molar-refractivity contribution in [2.75, 3.05) is 26.2 Å². The Bertz CT molecular complexity index is 1360. The van der Waals surface area contributed by atoms with E-state index in [1.54, 1.807) is 23.1 Å². The summed E-state index contributed by atoms with van der Waals surface area (Å²) >= 11 is 6.22. The fourth-order valence-corrected chi connectivity index (χ4v) is 6.17. The molecule has 2 aromatic carbocycles. The first-order chi connectivity index (χ1) is 18.8. The van der Waals surface area contributed by atoms with Crippen LogP contribution in [0.4, 0.5) is 4.79 Å². The van der Waals surface area contributed by atoms with E-state index < -0.39 is 11.9 Å². The zero-order chi connectivity index (χ0) is 27.1. The van der Waals surface area contributed by atoms with Gasteiger partial charge in [-0.3, -0.25) is 19.7 Å². The molecule has 0 aromatic heterocycles. The van der Waals surface area contributed by atoms with Crippen LogP contribution in [0.15, 0.2) is 36.4 Å². The molecule has 0 radical (unpaired) electrons. The third-order valence-electron chi connectivity index (χ3n) is 8.10. The van der Waals surface area contributed by atoms with E-state index in [-0.39, 0.29) is 43.0 Å². The quantitative estimate of drug-likeness (QED) is 0.435. The molecule has 11 heteroatoms. The Kier molecular flexibility index (Phi) is 6.68. The minimum Gasteiger partial charge on any atom is -0.491 e. The highest BCUT2D eigenvalue weighted by molar-refractivity contribution is 6.30. The monoisotopic (exact) mass is 552 g/mol. The van der Waals surface area contributed by atoms with Crippen LogP contribution in [0.5, 0.6) is 5.75 Å². The molecule has 2 fully saturated rings. The number of imide groups is 1. The van der Waals surface area contributed by atoms with Crippen molar-refractivity contribution in [3.05, 3.63) is 63.7 Å². The van der Waals surface area contributed by atoms with E-state index in [0.717, 1.165) is 11.1 Å². The maximum atomic E-state index is 13.0. The summed E-state index contributed by atoms with van der Waals surface area (Å²) in [4.78, 5) is 52.9. The van der Waals surface area contributed by atoms with E-state index >= 15 is 0 Å². The van der Waals surface area contributed by atoms with Crippen LogP contribution < -0.4 is 15.4 Å². The number of amides is 5. The summed E-state index contributed by atoms with van der Waals surface area (Å²) in [7, 11) is 0. The molecule has 2 N–H and O–H groups in total. The minimum atomic E-state index is -0.682. The zero-order valence-electron chi connectivity index (χ0n) is 21.3. The van der Waals surface area contributed by atoms with E-state index in [4.69, 9.17) is 21.1 Å². The average molecular weight is 553 g/mol. The van der Waals surface area contributed by atoms with Gasteiger partial charge < -0.3 is 24.6 Å². The van der Waals surface area contributed by atoms with Crippen LogP contribution in [-0.2, 0) is 33.1 Å². The van der Waals surface area contributed by atoms with Crippen LogP contribution >= 0.6 is 11.6 Å². The Morgan fingerprint density at radius 2 is 2.00 bits per heavy atom. The molecule has 0 bridgehead atoms. The second-order valence-corrected chi connectivity index (χ2v) is 10.8. The Hall–Kier alpha value is -3.63. The van der Waals surface area contributed by atoms with Crippen molar-refractivity contribution in [3.8, 4) is 5.75 Å². The van der Waals surface area contributed by atoms with Crippen LogP contribution in [-0.4, -0.2) is 65.8 Å². The van der Waals surface area contributed by atoms with Crippen molar-refractivity contribution in [2.24, 2.45) is 0 Å². The van der Waals surface area contributed by atoms with Crippen molar-refractivity contribution in [1.29, 1.82) is 0 Å². The molecule has 2 saturated heterocycles. The van der Waals surface area contributed by atoms with Crippen LogP contribution in [0.3, 0.4) is 0 Å². The lowest BCUT2D eigenvalue weighted by molar-refractivity contribution is -0.136. The van der Waals surface area contributed by atoms with Crippen LogP contribution in [0, 0.1) is 0 Å². The van der Waals surface area contributed by atoms with Gasteiger partial charge in [-0.1, -0.05) is 23.7 Å². The van der Waals surface area contributed by atoms with Gasteiger partial charge in [0, 0.05) is 35.7 Å². The molecule has 2 aromatic rings. The van der Waals surface area contributed by atoms with Crippen molar-refractivity contribution < 1.29 is 28.7 Å². The maximum absolute atomic E-state index is 13.0. The topological polar surface area (TPSA) is 117 Å². The van der Waals surface area contributed by atoms with Crippen molar-refractivity contribution in [2.45, 2.75) is 50.5 Å². The minimum absolute atomic E-state index is 0.157. The predicted molar refractivity (Wildman–Crippen MR) is 140 cm³/mol. The van der Waals surface area contributed by atoms with Crippen LogP contribution in [0.1, 0.15) is 52.7 Å². The van der Waals surface area contributed by atoms with Gasteiger partial charge in [-0.2, -0.15) is 0 Å². The Morgan fingerprint density at radius 3 is 2.79 bits per heavy atom. The largest absolute Gasteiger partial charge is 0.491 e. The molecule has 1 unspecified atom stereocenters. The van der Waals surface area contributed by atoms with Gasteiger partial charge in [-0.05, 0) is 54.7 Å². The average Bonchev–Trinajstić information content (AvgIpc) is 3.45. The maximum Gasteiger partial charge on any atom is 0.317 e. The second-order valence-electron chi connectivity index (χ2n) is 10.3. The highest BCUT2D eigenvalue weighted by Gasteiger charge is 2.44. The van der Waals surface area contributed by atoms with Crippen LogP contribution in [0.25, 0.3) is 0 Å². The normalized spacial score (nSPS) is 21.6. The molecule has 204 valence electrons. The van der Waals surface area contributed by atoms with Crippen LogP contribution in [0.2, 0.25) is 5.02 Å². The SMILES string of the molecule is O=C1CCC(N2Cc3c(OCCNC(=O)N4CCC5(CC4)OCc4ccc(Cl)cc45)cccc3C2=O)C(=O)N1. The summed E-state index contributed by atoms with van der Waals surface area (Å²) < 4.78 is 12.1. The van der Waals surface area contributed by atoms with Gasteiger partial charge in [0.2, 0.25) is 11.8 Å². The van der Waals surface area contributed by atoms with E-state index in [1.807, 2.05) is 18.2 Å². The summed E-state index contributed by atoms with van der Waals surface area (Å²) in [6.07, 6.45) is 1.92. The number of carbonyl (C=O) groups excluding carboxylic acids is 4. The number of piperidine rings is 2. The summed E-state index contributed by atoms with van der Waals surface area (Å²) in [5, 5.41) is 5.91. The van der Waals surface area contributed by atoms with Gasteiger partial charge in [0.05, 0.1) is 25.3 Å². The highest BCUT2D eigenvalue weighted by atomic mass is 35.5. The molecule has 1 spiro atoms. The number of nitrogens with one attached hydrogen (secondary N) is 2. The first-order valence-corrected chi connectivity index (χ1v) is 13.6. The molecular weight excluding hydrogens is 524 g/mol. The number of urea groups is 1. The van der Waals surface area contributed by atoms with Gasteiger partial charge >= 0.3 is 6.03 Å². The number of hydrogen-bond acceptors (Lipinski definition) is 6. The lowest BCUT2D eigenvalue weighted by Gasteiger charge is -2.39. The number of hydrogen-bond donors (Lipinski definition) is 2. The lowest BCUT2D eigenvalue weighted by Crippen LogP contribution is -2.52. The number of fused-ring (bicyclic) bond motifs is 3. The van der Waals surface area contributed by atoms with Gasteiger partial charge in [0.15, 0.2) is 0 Å². The molecule has 5 amide bonds. The number of ether oxygens (including phenoxy) is 2. The highest BCUT2D eigenvalue weighted by Crippen LogP contribution is 2.45. The summed E-state index contributed by atoms with van der Waals surface area (Å²) in [6.45, 7) is 2.46. The Morgan fingerprint density at radius 1 is 1.18 bits per heavy atom. The van der Waals surface area contributed by atoms with Crippen molar-refractivity contribution in [3.63, 3.8) is 0 Å². The third kappa shape index (κ3) is 4.72. The van der Waals surface area contributed by atoms with E-state index in [0.29, 0.717) is 67.4 Å². The number of benzene rings is 2. The molecule has 0 saturated carbocycles. The fourth-order valence-electron chi connectivity index (χ4n) is 6.00. The van der Waals surface area contributed by atoms with Crippen molar-refractivity contribution in [1.82, 2.24) is 20.4 Å². The zero-order valence-corrected chi connectivity index (χ0v) is 22.1. The van der Waals surface area contributed by atoms with E-state index in [1.165, 1.54) is 4.90 Å². The number of nitrogens with zero attached hydrogens (tertiary/aromatic N) is 2. The third-order valence-corrected chi connectivity index (χ3v) is 8.34. The fraction of sp³-hybridized carbons (Fsp3) is 0.429. The number of rotatable bonds is 5. The second kappa shape index (κ2) is 10.2. The van der Waals surface area contributed by atoms with Gasteiger partial charge in [0.25, 0.3) is 5.91 Å². The van der Waals surface area contributed by atoms with Crippen molar-refractivity contribution >= 4 is 35.4 Å². The van der Waals surface area contributed by atoms with Gasteiger partial charge in [-0.25, -0.2) is 4.79 Å². The Labute approximate surface area is 230 Å². The smallest absolute Gasteiger partial charge is 0.317 e. The lowest BCUT2D eigenvalue weighted by atomic mass is 9.84. The summed E-state index contributed by atoms with van der Waals surface area (Å²) in [6, 6.07) is 10.3. The predicted octanol–water partition coefficient (Wildman–Crippen LogP) is 2.71. The molecule has 4 aliphatic rings. The van der Waals surface area contributed by atoms with Gasteiger partial charge in [0.1, 0.15) is 18.4 Å². The molecule has 0 aliphatic carbocycles. The molecule has 4 aliphatic heterocycles. The first kappa shape index (κ1) is 25.6. The number of halogens is 1. The first-order valence-electron chi connectivity index (χ1n) is 13.2. The molecular formula is C28H29ClN4O6. The molecule has 6 rings (SSSR count). The van der Waals surface area contributed by atoms with Gasteiger partial charge in [-0.15, -0.1) is 0 Å². The summed E-state index contributed by atoms with van der Waals surface area (Å²) in [5.74, 6) is -0.482. The Balaban J connectivity index is 1.00. The molecule has 10 nitrogen and oxygen atoms in total. The molecule has 4 heterocycles. The van der Waals surface area contributed by atoms with E-state index in [2.05, 4.69) is 10.6 Å². The standard InChI is InChI=1S/C28H29ClN4O6/c29-18-5-4-17-16-39-28(21(17)14-18)8-11-32(12-9-28)27(37)30-10-13-38-23-3-1-2-19-20(23)15-33(26(19)36)22-6-7-24(34)31-25(22)35/h1-5,14,22H,6-13,15-16H2,(H,30,37)(H,31,34,35). The van der Waals surface area contributed by atoms with E-state index in [9.17, 15) is 19.2 Å². The summed E-state index contributed by atoms with van der Waals surface area (Å²) in [5.41, 5.74) is 3.10.